The number of nitrogens with one attached hydrogen (secondary N) is 2. The zero-order valence-electron chi connectivity index (χ0n) is 13.0. The number of benzene rings is 2. The van der Waals surface area contributed by atoms with Crippen LogP contribution >= 0.6 is 0 Å². The van der Waals surface area contributed by atoms with Crippen LogP contribution in [-0.2, 0) is 16.4 Å². The van der Waals surface area contributed by atoms with E-state index in [9.17, 15) is 8.42 Å². The molecule has 3 rings (SSSR count). The van der Waals surface area contributed by atoms with Crippen LogP contribution in [-0.4, -0.2) is 14.5 Å². The molecule has 2 aromatic rings. The molecule has 0 unspecified atom stereocenters. The molecule has 0 saturated heterocycles. The van der Waals surface area contributed by atoms with Crippen molar-refractivity contribution in [2.24, 2.45) is 0 Å². The van der Waals surface area contributed by atoms with Crippen LogP contribution in [0.25, 0.3) is 0 Å². The molecule has 2 N–H and O–H groups in total. The van der Waals surface area contributed by atoms with E-state index >= 15 is 0 Å². The fourth-order valence-corrected chi connectivity index (χ4v) is 4.01. The fourth-order valence-electron chi connectivity index (χ4n) is 2.83. The van der Waals surface area contributed by atoms with Crippen molar-refractivity contribution in [2.75, 3.05) is 10.0 Å². The average Bonchev–Trinajstić information content (AvgIpc) is 2.81. The van der Waals surface area contributed by atoms with E-state index in [1.54, 1.807) is 18.2 Å². The molecule has 1 heterocycles. The van der Waals surface area contributed by atoms with Crippen molar-refractivity contribution in [2.45, 2.75) is 38.1 Å². The predicted octanol–water partition coefficient (Wildman–Crippen LogP) is 3.46. The molecule has 1 atom stereocenters. The van der Waals surface area contributed by atoms with Crippen LogP contribution in [0.15, 0.2) is 41.3 Å². The molecule has 0 aliphatic carbocycles. The topological polar surface area (TPSA) is 58.2 Å². The van der Waals surface area contributed by atoms with Gasteiger partial charge in [0.05, 0.1) is 10.6 Å². The first-order chi connectivity index (χ1) is 10.3. The summed E-state index contributed by atoms with van der Waals surface area (Å²) in [5.41, 5.74) is 4.73. The monoisotopic (exact) mass is 316 g/mol. The molecule has 0 bridgehead atoms. The Morgan fingerprint density at radius 1 is 1.14 bits per heavy atom. The Labute approximate surface area is 131 Å². The highest BCUT2D eigenvalue weighted by Crippen LogP contribution is 2.29. The van der Waals surface area contributed by atoms with Crippen LogP contribution in [0.3, 0.4) is 0 Å². The van der Waals surface area contributed by atoms with E-state index in [2.05, 4.69) is 17.0 Å². The fraction of sp³-hybridized carbons (Fsp3) is 0.294. The second-order valence-electron chi connectivity index (χ2n) is 5.99. The van der Waals surface area contributed by atoms with E-state index in [-0.39, 0.29) is 0 Å². The number of hydrogen-bond acceptors (Lipinski definition) is 3. The molecule has 0 radical (unpaired) electrons. The Hall–Kier alpha value is -2.01. The second kappa shape index (κ2) is 5.32. The smallest absolute Gasteiger partial charge is 0.261 e. The highest BCUT2D eigenvalue weighted by molar-refractivity contribution is 7.92. The lowest BCUT2D eigenvalue weighted by atomic mass is 10.1. The predicted molar refractivity (Wildman–Crippen MR) is 90.0 cm³/mol. The summed E-state index contributed by atoms with van der Waals surface area (Å²) in [5.74, 6) is 0. The van der Waals surface area contributed by atoms with Crippen LogP contribution in [0, 0.1) is 13.8 Å². The third-order valence-electron chi connectivity index (χ3n) is 3.94. The molecular weight excluding hydrogens is 296 g/mol. The van der Waals surface area contributed by atoms with Gasteiger partial charge in [-0.05, 0) is 62.6 Å². The molecule has 0 fully saturated rings. The molecule has 0 amide bonds. The third-order valence-corrected chi connectivity index (χ3v) is 5.30. The number of sulfonamides is 1. The molecule has 1 aliphatic rings. The van der Waals surface area contributed by atoms with Gasteiger partial charge in [0.1, 0.15) is 0 Å². The summed E-state index contributed by atoms with van der Waals surface area (Å²) in [5, 5.41) is 3.33. The van der Waals surface area contributed by atoms with Crippen LogP contribution in [0.5, 0.6) is 0 Å². The number of anilines is 2. The van der Waals surface area contributed by atoms with Crippen molar-refractivity contribution >= 4 is 21.4 Å². The van der Waals surface area contributed by atoms with Crippen molar-refractivity contribution < 1.29 is 8.42 Å². The van der Waals surface area contributed by atoms with Gasteiger partial charge < -0.3 is 5.32 Å². The summed E-state index contributed by atoms with van der Waals surface area (Å²) in [6.07, 6.45) is 0.849. The van der Waals surface area contributed by atoms with Gasteiger partial charge in [-0.15, -0.1) is 0 Å². The van der Waals surface area contributed by atoms with Gasteiger partial charge in [-0.3, -0.25) is 4.72 Å². The summed E-state index contributed by atoms with van der Waals surface area (Å²) in [6, 6.07) is 11.3. The van der Waals surface area contributed by atoms with E-state index in [0.29, 0.717) is 16.6 Å². The summed E-state index contributed by atoms with van der Waals surface area (Å²) in [6.45, 7) is 5.97. The second-order valence-corrected chi connectivity index (χ2v) is 7.67. The van der Waals surface area contributed by atoms with Crippen LogP contribution < -0.4 is 10.0 Å². The average molecular weight is 316 g/mol. The lowest BCUT2D eigenvalue weighted by Crippen LogP contribution is -2.14. The minimum Gasteiger partial charge on any atom is -0.382 e. The van der Waals surface area contributed by atoms with Crippen molar-refractivity contribution in [3.05, 3.63) is 53.1 Å². The van der Waals surface area contributed by atoms with Crippen LogP contribution in [0.1, 0.15) is 23.6 Å². The van der Waals surface area contributed by atoms with Crippen molar-refractivity contribution in [1.82, 2.24) is 0 Å². The van der Waals surface area contributed by atoms with E-state index in [0.717, 1.165) is 28.8 Å². The number of rotatable bonds is 3. The molecule has 0 saturated carbocycles. The van der Waals surface area contributed by atoms with Gasteiger partial charge in [-0.2, -0.15) is 0 Å². The Morgan fingerprint density at radius 2 is 1.91 bits per heavy atom. The minimum atomic E-state index is -3.57. The number of aryl methyl sites for hydroxylation is 2. The van der Waals surface area contributed by atoms with Gasteiger partial charge in [-0.25, -0.2) is 8.42 Å². The largest absolute Gasteiger partial charge is 0.382 e. The third kappa shape index (κ3) is 2.81. The summed E-state index contributed by atoms with van der Waals surface area (Å²) in [7, 11) is -3.57. The van der Waals surface area contributed by atoms with Gasteiger partial charge in [0, 0.05) is 11.7 Å². The molecule has 0 spiro atoms. The van der Waals surface area contributed by atoms with Gasteiger partial charge in [-0.1, -0.05) is 17.7 Å². The van der Waals surface area contributed by atoms with E-state index < -0.39 is 10.0 Å². The van der Waals surface area contributed by atoms with E-state index in [1.165, 1.54) is 0 Å². The van der Waals surface area contributed by atoms with Gasteiger partial charge in [0.25, 0.3) is 10.0 Å². The Bertz CT molecular complexity index is 829. The van der Waals surface area contributed by atoms with E-state index in [4.69, 9.17) is 0 Å². The zero-order chi connectivity index (χ0) is 15.9. The van der Waals surface area contributed by atoms with Crippen molar-refractivity contribution in [1.29, 1.82) is 0 Å². The SMILES string of the molecule is Cc1ccc(NS(=O)(=O)c2ccc3c(c2)C[C@H](C)N3)c(C)c1. The maximum atomic E-state index is 12.6. The van der Waals surface area contributed by atoms with Crippen molar-refractivity contribution in [3.8, 4) is 0 Å². The highest BCUT2D eigenvalue weighted by Gasteiger charge is 2.21. The number of fused-ring (bicyclic) bond motifs is 1. The Balaban J connectivity index is 1.92. The first-order valence-corrected chi connectivity index (χ1v) is 8.83. The molecule has 22 heavy (non-hydrogen) atoms. The van der Waals surface area contributed by atoms with Gasteiger partial charge in [0.2, 0.25) is 0 Å². The molecule has 2 aromatic carbocycles. The first-order valence-electron chi connectivity index (χ1n) is 7.35. The molecule has 116 valence electrons. The molecule has 1 aliphatic heterocycles. The van der Waals surface area contributed by atoms with Gasteiger partial charge in [0.15, 0.2) is 0 Å². The highest BCUT2D eigenvalue weighted by atomic mass is 32.2. The van der Waals surface area contributed by atoms with Crippen LogP contribution in [0.2, 0.25) is 0 Å². The Morgan fingerprint density at radius 3 is 2.64 bits per heavy atom. The van der Waals surface area contributed by atoms with E-state index in [1.807, 2.05) is 32.0 Å². The van der Waals surface area contributed by atoms with Crippen molar-refractivity contribution in [3.63, 3.8) is 0 Å². The van der Waals surface area contributed by atoms with Gasteiger partial charge >= 0.3 is 0 Å². The lowest BCUT2D eigenvalue weighted by molar-refractivity contribution is 0.601. The minimum absolute atomic E-state index is 0.308. The molecular formula is C17H20N2O2S. The normalized spacial score (nSPS) is 17.0. The zero-order valence-corrected chi connectivity index (χ0v) is 13.8. The number of hydrogen-bond donors (Lipinski definition) is 2. The quantitative estimate of drug-likeness (QED) is 0.911. The summed E-state index contributed by atoms with van der Waals surface area (Å²) >= 11 is 0. The first kappa shape index (κ1) is 14.9. The van der Waals surface area contributed by atoms with Crippen LogP contribution in [0.4, 0.5) is 11.4 Å². The maximum Gasteiger partial charge on any atom is 0.261 e. The maximum absolute atomic E-state index is 12.6. The molecule has 4 nitrogen and oxygen atoms in total. The standard InChI is InChI=1S/C17H20N2O2S/c1-11-4-6-16(12(2)8-11)19-22(20,21)15-5-7-17-14(10-15)9-13(3)18-17/h4-8,10,13,18-19H,9H2,1-3H3/t13-/m0/s1. The Kier molecular flexibility index (Phi) is 3.60. The summed E-state index contributed by atoms with van der Waals surface area (Å²) in [4.78, 5) is 0.308. The summed E-state index contributed by atoms with van der Waals surface area (Å²) < 4.78 is 27.9. The lowest BCUT2D eigenvalue weighted by Gasteiger charge is -2.12. The molecule has 5 heteroatoms. The molecule has 0 aromatic heterocycles.